The van der Waals surface area contributed by atoms with Gasteiger partial charge in [-0.3, -0.25) is 0 Å². The van der Waals surface area contributed by atoms with Gasteiger partial charge in [0.1, 0.15) is 11.9 Å². The minimum absolute atomic E-state index is 0.0528. The first-order valence-electron chi connectivity index (χ1n) is 5.23. The van der Waals surface area contributed by atoms with Crippen LogP contribution >= 0.6 is 0 Å². The second-order valence-electron chi connectivity index (χ2n) is 3.58. The average molecular weight is 236 g/mol. The Bertz CT molecular complexity index is 397. The Morgan fingerprint density at radius 3 is 3.00 bits per heavy atom. The molecule has 1 atom stereocenters. The smallest absolute Gasteiger partial charge is 0.149 e. The quantitative estimate of drug-likeness (QED) is 0.658. The first-order chi connectivity index (χ1) is 8.21. The number of pyridine rings is 1. The molecule has 0 aliphatic heterocycles. The summed E-state index contributed by atoms with van der Waals surface area (Å²) in [6.07, 6.45) is 1.98. The molecule has 6 heteroatoms. The summed E-state index contributed by atoms with van der Waals surface area (Å²) in [6, 6.07) is 3.46. The SMILES string of the molecule is COCC(CCO)Nc1ncc(C#N)cc1N. The number of anilines is 2. The second kappa shape index (κ2) is 6.68. The highest BCUT2D eigenvalue weighted by atomic mass is 16.5. The predicted octanol–water partition coefficient (Wildman–Crippen LogP) is 0.345. The molecular formula is C11H16N4O2. The maximum atomic E-state index is 8.90. The molecule has 4 N–H and O–H groups in total. The minimum Gasteiger partial charge on any atom is -0.396 e. The van der Waals surface area contributed by atoms with Gasteiger partial charge in [-0.25, -0.2) is 4.98 Å². The van der Waals surface area contributed by atoms with E-state index in [0.29, 0.717) is 30.1 Å². The van der Waals surface area contributed by atoms with Crippen LogP contribution < -0.4 is 11.1 Å². The van der Waals surface area contributed by atoms with Crippen molar-refractivity contribution in [2.45, 2.75) is 12.5 Å². The molecule has 0 saturated heterocycles. The van der Waals surface area contributed by atoms with Gasteiger partial charge in [-0.05, 0) is 12.5 Å². The molecule has 1 unspecified atom stereocenters. The van der Waals surface area contributed by atoms with Gasteiger partial charge in [-0.1, -0.05) is 0 Å². The lowest BCUT2D eigenvalue weighted by molar-refractivity contribution is 0.170. The molecule has 1 aromatic heterocycles. The zero-order chi connectivity index (χ0) is 12.7. The molecule has 0 radical (unpaired) electrons. The van der Waals surface area contributed by atoms with E-state index in [1.807, 2.05) is 6.07 Å². The number of methoxy groups -OCH3 is 1. The van der Waals surface area contributed by atoms with Crippen molar-refractivity contribution in [3.05, 3.63) is 17.8 Å². The summed E-state index contributed by atoms with van der Waals surface area (Å²) in [5, 5.41) is 20.7. The molecule has 92 valence electrons. The van der Waals surface area contributed by atoms with Crippen molar-refractivity contribution in [3.63, 3.8) is 0 Å². The van der Waals surface area contributed by atoms with Crippen LogP contribution in [-0.2, 0) is 4.74 Å². The fourth-order valence-electron chi connectivity index (χ4n) is 1.41. The predicted molar refractivity (Wildman–Crippen MR) is 64.4 cm³/mol. The van der Waals surface area contributed by atoms with Gasteiger partial charge in [0.25, 0.3) is 0 Å². The van der Waals surface area contributed by atoms with Crippen molar-refractivity contribution >= 4 is 11.5 Å². The van der Waals surface area contributed by atoms with E-state index in [0.717, 1.165) is 0 Å². The average Bonchev–Trinajstić information content (AvgIpc) is 2.32. The van der Waals surface area contributed by atoms with Crippen molar-refractivity contribution in [2.75, 3.05) is 31.4 Å². The van der Waals surface area contributed by atoms with E-state index in [4.69, 9.17) is 20.8 Å². The zero-order valence-electron chi connectivity index (χ0n) is 9.68. The summed E-state index contributed by atoms with van der Waals surface area (Å²) < 4.78 is 5.02. The number of rotatable bonds is 6. The topological polar surface area (TPSA) is 104 Å². The van der Waals surface area contributed by atoms with Gasteiger partial charge in [0.05, 0.1) is 23.9 Å². The molecule has 6 nitrogen and oxygen atoms in total. The van der Waals surface area contributed by atoms with E-state index in [-0.39, 0.29) is 12.6 Å². The maximum absolute atomic E-state index is 8.90. The summed E-state index contributed by atoms with van der Waals surface area (Å²) in [7, 11) is 1.58. The number of aromatic nitrogens is 1. The number of nitrogens with zero attached hydrogens (tertiary/aromatic N) is 2. The molecule has 0 saturated carbocycles. The lowest BCUT2D eigenvalue weighted by Crippen LogP contribution is -2.27. The normalized spacial score (nSPS) is 11.8. The summed E-state index contributed by atoms with van der Waals surface area (Å²) in [4.78, 5) is 4.06. The highest BCUT2D eigenvalue weighted by Gasteiger charge is 2.10. The zero-order valence-corrected chi connectivity index (χ0v) is 9.68. The van der Waals surface area contributed by atoms with Gasteiger partial charge in [0, 0.05) is 19.9 Å². The lowest BCUT2D eigenvalue weighted by atomic mass is 10.2. The van der Waals surface area contributed by atoms with Gasteiger partial charge in [-0.15, -0.1) is 0 Å². The molecule has 1 aromatic rings. The van der Waals surface area contributed by atoms with E-state index in [1.165, 1.54) is 6.20 Å². The van der Waals surface area contributed by atoms with Crippen LogP contribution in [0.2, 0.25) is 0 Å². The number of nitrogens with one attached hydrogen (secondary N) is 1. The number of hydrogen-bond acceptors (Lipinski definition) is 6. The molecule has 1 heterocycles. The van der Waals surface area contributed by atoms with Crippen molar-refractivity contribution in [2.24, 2.45) is 0 Å². The van der Waals surface area contributed by atoms with Crippen molar-refractivity contribution in [1.82, 2.24) is 4.98 Å². The first-order valence-corrected chi connectivity index (χ1v) is 5.23. The van der Waals surface area contributed by atoms with Gasteiger partial charge in [-0.2, -0.15) is 5.26 Å². The molecule has 0 aliphatic carbocycles. The molecule has 17 heavy (non-hydrogen) atoms. The molecule has 1 rings (SSSR count). The third-order valence-electron chi connectivity index (χ3n) is 2.23. The summed E-state index contributed by atoms with van der Waals surface area (Å²) in [6.45, 7) is 0.499. The number of ether oxygens (including phenoxy) is 1. The highest BCUT2D eigenvalue weighted by Crippen LogP contribution is 2.17. The van der Waals surface area contributed by atoms with E-state index < -0.39 is 0 Å². The number of hydrogen-bond donors (Lipinski definition) is 3. The Labute approximate surface area is 100 Å². The summed E-state index contributed by atoms with van der Waals surface area (Å²) in [5.74, 6) is 0.500. The van der Waals surface area contributed by atoms with Crippen LogP contribution in [0.15, 0.2) is 12.3 Å². The van der Waals surface area contributed by atoms with Gasteiger partial charge in [0.2, 0.25) is 0 Å². The minimum atomic E-state index is -0.0623. The number of nitrogens with two attached hydrogens (primary N) is 1. The fourth-order valence-corrected chi connectivity index (χ4v) is 1.41. The Kier molecular flexibility index (Phi) is 5.20. The molecule has 0 fully saturated rings. The Morgan fingerprint density at radius 1 is 1.71 bits per heavy atom. The van der Waals surface area contributed by atoms with Crippen molar-refractivity contribution in [3.8, 4) is 6.07 Å². The van der Waals surface area contributed by atoms with Crippen LogP contribution in [0.5, 0.6) is 0 Å². The molecule has 0 amide bonds. The third-order valence-corrected chi connectivity index (χ3v) is 2.23. The van der Waals surface area contributed by atoms with Crippen LogP contribution in [0.3, 0.4) is 0 Å². The van der Waals surface area contributed by atoms with Crippen molar-refractivity contribution in [1.29, 1.82) is 5.26 Å². The van der Waals surface area contributed by atoms with E-state index in [2.05, 4.69) is 10.3 Å². The fraction of sp³-hybridized carbons (Fsp3) is 0.455. The second-order valence-corrected chi connectivity index (χ2v) is 3.58. The lowest BCUT2D eigenvalue weighted by Gasteiger charge is -2.18. The van der Waals surface area contributed by atoms with Crippen molar-refractivity contribution < 1.29 is 9.84 Å². The Balaban J connectivity index is 2.75. The summed E-state index contributed by atoms with van der Waals surface area (Å²) >= 11 is 0. The van der Waals surface area contributed by atoms with Crippen LogP contribution in [0, 0.1) is 11.3 Å². The monoisotopic (exact) mass is 236 g/mol. The van der Waals surface area contributed by atoms with E-state index in [9.17, 15) is 0 Å². The van der Waals surface area contributed by atoms with E-state index >= 15 is 0 Å². The molecule has 0 aliphatic rings. The Morgan fingerprint density at radius 2 is 2.47 bits per heavy atom. The third kappa shape index (κ3) is 3.90. The first kappa shape index (κ1) is 13.2. The van der Waals surface area contributed by atoms with Gasteiger partial charge < -0.3 is 20.9 Å². The van der Waals surface area contributed by atoms with Crippen LogP contribution in [0.1, 0.15) is 12.0 Å². The standard InChI is InChI=1S/C11H16N4O2/c1-17-7-9(2-3-16)15-11-10(13)4-8(5-12)6-14-11/h4,6,9,16H,2-3,7,13H2,1H3,(H,14,15). The maximum Gasteiger partial charge on any atom is 0.149 e. The van der Waals surface area contributed by atoms with Crippen LogP contribution in [0.25, 0.3) is 0 Å². The number of nitriles is 1. The highest BCUT2D eigenvalue weighted by molar-refractivity contribution is 5.63. The largest absolute Gasteiger partial charge is 0.396 e. The number of aliphatic hydroxyl groups is 1. The Hall–Kier alpha value is -1.84. The number of aliphatic hydroxyl groups excluding tert-OH is 1. The molecular weight excluding hydrogens is 220 g/mol. The van der Waals surface area contributed by atoms with Crippen LogP contribution in [-0.4, -0.2) is 36.5 Å². The van der Waals surface area contributed by atoms with Gasteiger partial charge in [0.15, 0.2) is 0 Å². The summed E-state index contributed by atoms with van der Waals surface area (Å²) in [5.41, 5.74) is 6.58. The van der Waals surface area contributed by atoms with Crippen LogP contribution in [0.4, 0.5) is 11.5 Å². The van der Waals surface area contributed by atoms with E-state index in [1.54, 1.807) is 13.2 Å². The number of nitrogen functional groups attached to an aromatic ring is 1. The van der Waals surface area contributed by atoms with Gasteiger partial charge >= 0.3 is 0 Å². The molecule has 0 bridgehead atoms. The molecule has 0 aromatic carbocycles. The molecule has 0 spiro atoms.